The van der Waals surface area contributed by atoms with Gasteiger partial charge in [0.25, 0.3) is 0 Å². The highest BCUT2D eigenvalue weighted by atomic mass is 35.5. The summed E-state index contributed by atoms with van der Waals surface area (Å²) in [5.41, 5.74) is -1.88. The number of alkyl carbamates (subject to hydrolysis) is 1. The van der Waals surface area contributed by atoms with Gasteiger partial charge in [0.15, 0.2) is 0 Å². The molecule has 0 radical (unpaired) electrons. The van der Waals surface area contributed by atoms with E-state index in [1.54, 1.807) is 45.0 Å². The monoisotopic (exact) mass is 512 g/mol. The van der Waals surface area contributed by atoms with Crippen LogP contribution in [-0.2, 0) is 23.6 Å². The Morgan fingerprint density at radius 1 is 1.06 bits per heavy atom. The van der Waals surface area contributed by atoms with Gasteiger partial charge in [-0.2, -0.15) is 0 Å². The molecule has 1 aliphatic rings. The van der Waals surface area contributed by atoms with Gasteiger partial charge in [-0.25, -0.2) is 4.79 Å². The Balaban J connectivity index is 2.12. The van der Waals surface area contributed by atoms with Crippen LogP contribution < -0.4 is 15.4 Å². The first-order valence-electron chi connectivity index (χ1n) is 11.7. The normalized spacial score (nSPS) is 18.5. The van der Waals surface area contributed by atoms with Crippen LogP contribution >= 0.6 is 11.6 Å². The molecule has 2 rings (SSSR count). The highest BCUT2D eigenvalue weighted by molar-refractivity contribution is 6.48. The minimum atomic E-state index is -0.975. The largest absolute Gasteiger partial charge is 0.494 e. The predicted molar refractivity (Wildman–Crippen MR) is 135 cm³/mol. The summed E-state index contributed by atoms with van der Waals surface area (Å²) in [6.07, 6.45) is -0.329. The van der Waals surface area contributed by atoms with Crippen molar-refractivity contribution < 1.29 is 33.1 Å². The van der Waals surface area contributed by atoms with Crippen molar-refractivity contribution in [3.05, 3.63) is 29.3 Å². The lowest BCUT2D eigenvalue weighted by atomic mass is 9.76. The third kappa shape index (κ3) is 8.86. The molecule has 9 nitrogen and oxygen atoms in total. The lowest BCUT2D eigenvalue weighted by Crippen LogP contribution is -2.56. The topological polar surface area (TPSA) is 104 Å². The number of hydrogen-bond donors (Lipinski definition) is 2. The maximum Gasteiger partial charge on any atom is 0.481 e. The molecule has 0 saturated carbocycles. The van der Waals surface area contributed by atoms with Crippen LogP contribution in [0.25, 0.3) is 0 Å². The minimum absolute atomic E-state index is 0.0392. The molecule has 1 aromatic carbocycles. The number of benzene rings is 1. The SMILES string of the molecule is COC[C@@H](NC(=O)OC(C)(C)C)C(=O)N[C@@H](CCOc1ccc(Cl)cc1)B1OC(C)(C)C(C)(C)O1. The van der Waals surface area contributed by atoms with Crippen molar-refractivity contribution in [1.29, 1.82) is 0 Å². The van der Waals surface area contributed by atoms with Crippen LogP contribution in [0.15, 0.2) is 24.3 Å². The van der Waals surface area contributed by atoms with E-state index in [1.165, 1.54) is 7.11 Å². The van der Waals surface area contributed by atoms with Gasteiger partial charge in [0.05, 0.1) is 30.4 Å². The Labute approximate surface area is 213 Å². The third-order valence-corrected chi connectivity index (χ3v) is 6.03. The molecule has 1 saturated heterocycles. The van der Waals surface area contributed by atoms with Gasteiger partial charge < -0.3 is 34.2 Å². The summed E-state index contributed by atoms with van der Waals surface area (Å²) in [6, 6.07) is 6.04. The Morgan fingerprint density at radius 3 is 2.14 bits per heavy atom. The molecule has 0 aromatic heterocycles. The van der Waals surface area contributed by atoms with Crippen LogP contribution in [-0.4, -0.2) is 68.2 Å². The van der Waals surface area contributed by atoms with Crippen LogP contribution in [0.1, 0.15) is 54.9 Å². The van der Waals surface area contributed by atoms with Gasteiger partial charge in [0.2, 0.25) is 5.91 Å². The number of carbonyl (C=O) groups is 2. The highest BCUT2D eigenvalue weighted by Gasteiger charge is 2.54. The quantitative estimate of drug-likeness (QED) is 0.460. The van der Waals surface area contributed by atoms with E-state index in [-0.39, 0.29) is 13.2 Å². The number of ether oxygens (including phenoxy) is 3. The Morgan fingerprint density at radius 2 is 1.63 bits per heavy atom. The molecule has 1 heterocycles. The molecule has 2 atom stereocenters. The third-order valence-electron chi connectivity index (χ3n) is 5.78. The molecule has 1 aliphatic heterocycles. The molecule has 2 N–H and O–H groups in total. The Hall–Kier alpha value is -2.01. The number of rotatable bonds is 10. The van der Waals surface area contributed by atoms with Crippen molar-refractivity contribution in [1.82, 2.24) is 10.6 Å². The van der Waals surface area contributed by atoms with E-state index in [0.717, 1.165) is 0 Å². The zero-order valence-electron chi connectivity index (χ0n) is 21.9. The lowest BCUT2D eigenvalue weighted by molar-refractivity contribution is -0.125. The van der Waals surface area contributed by atoms with Crippen molar-refractivity contribution in [2.45, 2.75) is 83.7 Å². The van der Waals surface area contributed by atoms with Gasteiger partial charge in [0, 0.05) is 18.6 Å². The van der Waals surface area contributed by atoms with Crippen molar-refractivity contribution in [2.75, 3.05) is 20.3 Å². The highest BCUT2D eigenvalue weighted by Crippen LogP contribution is 2.37. The summed E-state index contributed by atoms with van der Waals surface area (Å²) in [5.74, 6) is -0.364. The van der Waals surface area contributed by atoms with Crippen molar-refractivity contribution in [3.63, 3.8) is 0 Å². The summed E-state index contributed by atoms with van der Waals surface area (Å²) in [5, 5.41) is 6.12. The van der Waals surface area contributed by atoms with Crippen molar-refractivity contribution in [3.8, 4) is 5.75 Å². The van der Waals surface area contributed by atoms with Gasteiger partial charge in [-0.1, -0.05) is 11.6 Å². The number of hydrogen-bond acceptors (Lipinski definition) is 7. The Bertz CT molecular complexity index is 842. The van der Waals surface area contributed by atoms with Gasteiger partial charge in [-0.15, -0.1) is 0 Å². The van der Waals surface area contributed by atoms with E-state index in [2.05, 4.69) is 10.6 Å². The fraction of sp³-hybridized carbons (Fsp3) is 0.667. The standard InChI is InChI=1S/C24H38BClN2O7/c1-22(2,3)33-21(30)27-18(15-31-8)20(29)28-19(25-34-23(4,5)24(6,7)35-25)13-14-32-17-11-9-16(26)10-12-17/h9-12,18-19H,13-15H2,1-8H3,(H,27,30)(H,28,29)/t18-,19+/m1/s1. The molecule has 196 valence electrons. The van der Waals surface area contributed by atoms with Crippen molar-refractivity contribution >= 4 is 30.7 Å². The van der Waals surface area contributed by atoms with Gasteiger partial charge >= 0.3 is 13.2 Å². The van der Waals surface area contributed by atoms with Crippen LogP contribution in [0.3, 0.4) is 0 Å². The average molecular weight is 513 g/mol. The van der Waals surface area contributed by atoms with Crippen LogP contribution in [0, 0.1) is 0 Å². The maximum absolute atomic E-state index is 13.2. The second-order valence-corrected chi connectivity index (χ2v) is 10.9. The molecule has 1 fully saturated rings. The number of amides is 2. The summed E-state index contributed by atoms with van der Waals surface area (Å²) < 4.78 is 28.6. The lowest BCUT2D eigenvalue weighted by Gasteiger charge is -2.32. The molecule has 11 heteroatoms. The molecule has 0 bridgehead atoms. The van der Waals surface area contributed by atoms with Gasteiger partial charge in [-0.05, 0) is 72.7 Å². The van der Waals surface area contributed by atoms with Crippen molar-refractivity contribution in [2.24, 2.45) is 0 Å². The summed E-state index contributed by atoms with van der Waals surface area (Å²) in [6.45, 7) is 13.2. The molecule has 0 spiro atoms. The minimum Gasteiger partial charge on any atom is -0.494 e. The number of methoxy groups -OCH3 is 1. The first-order valence-corrected chi connectivity index (χ1v) is 12.0. The molecule has 35 heavy (non-hydrogen) atoms. The van der Waals surface area contributed by atoms with Crippen LogP contribution in [0.5, 0.6) is 5.75 Å². The van der Waals surface area contributed by atoms with E-state index in [0.29, 0.717) is 17.2 Å². The summed E-state index contributed by atoms with van der Waals surface area (Å²) in [7, 11) is 0.727. The van der Waals surface area contributed by atoms with Crippen LogP contribution in [0.4, 0.5) is 4.79 Å². The average Bonchev–Trinajstić information content (AvgIpc) is 2.94. The van der Waals surface area contributed by atoms with Crippen LogP contribution in [0.2, 0.25) is 5.02 Å². The zero-order chi connectivity index (χ0) is 26.4. The first-order chi connectivity index (χ1) is 16.1. The fourth-order valence-corrected chi connectivity index (χ4v) is 3.37. The molecule has 0 aliphatic carbocycles. The van der Waals surface area contributed by atoms with E-state index in [1.807, 2.05) is 27.7 Å². The number of halogens is 1. The molecule has 1 aromatic rings. The fourth-order valence-electron chi connectivity index (χ4n) is 3.25. The summed E-state index contributed by atoms with van der Waals surface area (Å²) >= 11 is 5.93. The maximum atomic E-state index is 13.2. The Kier molecular flexibility index (Phi) is 9.87. The molecule has 2 amide bonds. The van der Waals surface area contributed by atoms with E-state index in [9.17, 15) is 9.59 Å². The smallest absolute Gasteiger partial charge is 0.481 e. The number of carbonyl (C=O) groups excluding carboxylic acids is 2. The van der Waals surface area contributed by atoms with E-state index < -0.39 is 47.9 Å². The van der Waals surface area contributed by atoms with Gasteiger partial charge in [-0.3, -0.25) is 4.79 Å². The van der Waals surface area contributed by atoms with E-state index in [4.69, 9.17) is 35.1 Å². The summed E-state index contributed by atoms with van der Waals surface area (Å²) in [4.78, 5) is 25.4. The predicted octanol–water partition coefficient (Wildman–Crippen LogP) is 3.76. The van der Waals surface area contributed by atoms with Gasteiger partial charge in [0.1, 0.15) is 17.4 Å². The second kappa shape index (κ2) is 11.8. The number of nitrogens with one attached hydrogen (secondary N) is 2. The second-order valence-electron chi connectivity index (χ2n) is 10.5. The zero-order valence-corrected chi connectivity index (χ0v) is 22.7. The molecular weight excluding hydrogens is 475 g/mol. The van der Waals surface area contributed by atoms with E-state index >= 15 is 0 Å². The molecule has 0 unspecified atom stereocenters. The first kappa shape index (κ1) is 29.2. The molecular formula is C24H38BClN2O7.